The van der Waals surface area contributed by atoms with Gasteiger partial charge in [0.2, 0.25) is 0 Å². The largest absolute Gasteiger partial charge is 0.468 e. The molecule has 1 aliphatic heterocycles. The molecule has 0 aromatic rings. The van der Waals surface area contributed by atoms with Crippen molar-refractivity contribution in [3.05, 3.63) is 0 Å². The minimum Gasteiger partial charge on any atom is -0.468 e. The Morgan fingerprint density at radius 1 is 1.73 bits per heavy atom. The first-order valence-electron chi connectivity index (χ1n) is 4.01. The monoisotopic (exact) mass is 147 g/mol. The van der Waals surface area contributed by atoms with Gasteiger partial charge >= 0.3 is 0 Å². The van der Waals surface area contributed by atoms with Crippen molar-refractivity contribution in [2.75, 3.05) is 6.61 Å². The predicted octanol–water partition coefficient (Wildman–Crippen LogP) is 0.827. The number of aliphatic imine (C=N–C) groups is 1. The zero-order valence-electron chi connectivity index (χ0n) is 6.21. The van der Waals surface area contributed by atoms with Crippen LogP contribution in [0.5, 0.6) is 0 Å². The van der Waals surface area contributed by atoms with Crippen LogP contribution >= 0.6 is 0 Å². The van der Waals surface area contributed by atoms with Crippen molar-refractivity contribution in [1.82, 2.24) is 0 Å². The molecule has 1 spiro atoms. The Morgan fingerprint density at radius 2 is 2.64 bits per heavy atom. The third-order valence-electron chi connectivity index (χ3n) is 3.08. The van der Waals surface area contributed by atoms with E-state index in [2.05, 4.69) is 10.9 Å². The van der Waals surface area contributed by atoms with E-state index < -0.39 is 0 Å². The van der Waals surface area contributed by atoms with Crippen molar-refractivity contribution in [1.29, 1.82) is 0 Å². The molecule has 2 nitrogen and oxygen atoms in total. The van der Waals surface area contributed by atoms with E-state index in [1.54, 1.807) is 0 Å². The van der Waals surface area contributed by atoms with Crippen LogP contribution in [0.3, 0.4) is 0 Å². The molecular weight excluding hydrogens is 138 g/mol. The molecule has 0 aromatic carbocycles. The highest BCUT2D eigenvalue weighted by Crippen LogP contribution is 2.75. The van der Waals surface area contributed by atoms with Gasteiger partial charge in [0.05, 0.1) is 6.04 Å². The van der Waals surface area contributed by atoms with E-state index in [1.807, 2.05) is 0 Å². The van der Waals surface area contributed by atoms with Gasteiger partial charge < -0.3 is 4.74 Å². The van der Waals surface area contributed by atoms with Crippen molar-refractivity contribution in [2.45, 2.75) is 18.9 Å². The van der Waals surface area contributed by atoms with Crippen molar-refractivity contribution < 1.29 is 4.74 Å². The van der Waals surface area contributed by atoms with Crippen molar-refractivity contribution in [2.24, 2.45) is 16.3 Å². The normalized spacial score (nSPS) is 48.5. The Balaban J connectivity index is 1.73. The standard InChI is InChI=1S/C9H9NO/c1-2-3-11-8-6-4-9(6)5-7(9)10-8/h1,6-7H,3-5H2/t6?,7-,9+/m0/s1. The highest BCUT2D eigenvalue weighted by atomic mass is 16.5. The van der Waals surface area contributed by atoms with Gasteiger partial charge in [-0.3, -0.25) is 4.99 Å². The van der Waals surface area contributed by atoms with E-state index in [0.717, 1.165) is 5.90 Å². The maximum absolute atomic E-state index is 5.32. The van der Waals surface area contributed by atoms with Crippen LogP contribution in [0.1, 0.15) is 12.8 Å². The number of ether oxygens (including phenoxy) is 1. The molecule has 0 radical (unpaired) electrons. The van der Waals surface area contributed by atoms with Crippen molar-refractivity contribution in [3.63, 3.8) is 0 Å². The fraction of sp³-hybridized carbons (Fsp3) is 0.667. The smallest absolute Gasteiger partial charge is 0.188 e. The third kappa shape index (κ3) is 0.530. The van der Waals surface area contributed by atoms with E-state index in [-0.39, 0.29) is 0 Å². The zero-order valence-corrected chi connectivity index (χ0v) is 6.21. The van der Waals surface area contributed by atoms with Crippen LogP contribution in [0.4, 0.5) is 0 Å². The van der Waals surface area contributed by atoms with Crippen LogP contribution in [0.25, 0.3) is 0 Å². The molecule has 3 aliphatic rings. The van der Waals surface area contributed by atoms with Crippen molar-refractivity contribution >= 4 is 5.90 Å². The van der Waals surface area contributed by atoms with Gasteiger partial charge in [0, 0.05) is 11.3 Å². The van der Waals surface area contributed by atoms with Gasteiger partial charge in [-0.05, 0) is 12.8 Å². The van der Waals surface area contributed by atoms with Crippen LogP contribution in [0, 0.1) is 23.7 Å². The number of terminal acetylenes is 1. The molecule has 1 unspecified atom stereocenters. The van der Waals surface area contributed by atoms with Gasteiger partial charge in [0.1, 0.15) is 6.61 Å². The number of hydrogen-bond acceptors (Lipinski definition) is 2. The maximum atomic E-state index is 5.32. The second kappa shape index (κ2) is 1.45. The lowest BCUT2D eigenvalue weighted by atomic mass is 10.3. The molecule has 2 aliphatic carbocycles. The average Bonchev–Trinajstić information content (AvgIpc) is 2.87. The minimum absolute atomic E-state index is 0.387. The summed E-state index contributed by atoms with van der Waals surface area (Å²) in [5.41, 5.74) is 0.601. The summed E-state index contributed by atoms with van der Waals surface area (Å²) in [6, 6.07) is 0.611. The second-order valence-electron chi connectivity index (χ2n) is 3.67. The predicted molar refractivity (Wildman–Crippen MR) is 41.2 cm³/mol. The number of rotatable bonds is 1. The summed E-state index contributed by atoms with van der Waals surface area (Å²) in [4.78, 5) is 4.42. The van der Waals surface area contributed by atoms with Gasteiger partial charge in [-0.25, -0.2) is 0 Å². The van der Waals surface area contributed by atoms with Crippen LogP contribution < -0.4 is 0 Å². The summed E-state index contributed by atoms with van der Waals surface area (Å²) in [7, 11) is 0. The Labute approximate surface area is 65.6 Å². The van der Waals surface area contributed by atoms with Gasteiger partial charge in [-0.15, -0.1) is 6.42 Å². The molecule has 1 heterocycles. The fourth-order valence-electron chi connectivity index (χ4n) is 2.22. The van der Waals surface area contributed by atoms with E-state index in [9.17, 15) is 0 Å². The number of hydrogen-bond donors (Lipinski definition) is 0. The zero-order chi connectivity index (χ0) is 7.47. The molecule has 3 atom stereocenters. The van der Waals surface area contributed by atoms with Crippen LogP contribution in [0.15, 0.2) is 4.99 Å². The summed E-state index contributed by atoms with van der Waals surface area (Å²) in [5, 5.41) is 0. The van der Waals surface area contributed by atoms with E-state index in [0.29, 0.717) is 24.0 Å². The Hall–Kier alpha value is -0.970. The second-order valence-corrected chi connectivity index (χ2v) is 3.67. The molecule has 0 amide bonds. The molecule has 11 heavy (non-hydrogen) atoms. The van der Waals surface area contributed by atoms with Crippen molar-refractivity contribution in [3.8, 4) is 12.3 Å². The molecule has 2 heteroatoms. The fourth-order valence-corrected chi connectivity index (χ4v) is 2.22. The van der Waals surface area contributed by atoms with E-state index >= 15 is 0 Å². The molecule has 2 fully saturated rings. The summed E-state index contributed by atoms with van der Waals surface area (Å²) in [6.07, 6.45) is 7.69. The topological polar surface area (TPSA) is 21.6 Å². The van der Waals surface area contributed by atoms with E-state index in [4.69, 9.17) is 11.2 Å². The summed E-state index contributed by atoms with van der Waals surface area (Å²) in [6.45, 7) is 0.387. The SMILES string of the molecule is C#CCOC1=N[C@H]2C[C@@]23CC13. The average molecular weight is 147 g/mol. The van der Waals surface area contributed by atoms with Crippen LogP contribution in [0.2, 0.25) is 0 Å². The molecular formula is C9H9NO. The summed E-state index contributed by atoms with van der Waals surface area (Å²) in [5.74, 6) is 4.06. The van der Waals surface area contributed by atoms with Gasteiger partial charge in [-0.2, -0.15) is 0 Å². The first kappa shape index (κ1) is 5.65. The molecule has 0 N–H and O–H groups in total. The maximum Gasteiger partial charge on any atom is 0.188 e. The molecule has 0 bridgehead atoms. The Morgan fingerprint density at radius 3 is 3.18 bits per heavy atom. The molecule has 0 saturated heterocycles. The molecule has 3 rings (SSSR count). The molecule has 56 valence electrons. The summed E-state index contributed by atoms with van der Waals surface area (Å²) < 4.78 is 5.32. The lowest BCUT2D eigenvalue weighted by Gasteiger charge is -2.01. The van der Waals surface area contributed by atoms with E-state index in [1.165, 1.54) is 12.8 Å². The number of nitrogens with zero attached hydrogens (tertiary/aromatic N) is 1. The highest BCUT2D eigenvalue weighted by molar-refractivity contribution is 5.88. The quantitative estimate of drug-likeness (QED) is 0.503. The molecule has 2 saturated carbocycles. The lowest BCUT2D eigenvalue weighted by Crippen LogP contribution is -2.06. The van der Waals surface area contributed by atoms with Gasteiger partial charge in [-0.1, -0.05) is 5.92 Å². The van der Waals surface area contributed by atoms with Gasteiger partial charge in [0.15, 0.2) is 5.90 Å². The first-order valence-corrected chi connectivity index (χ1v) is 4.01. The lowest BCUT2D eigenvalue weighted by molar-refractivity contribution is 0.342. The molecule has 0 aromatic heterocycles. The Bertz CT molecular complexity index is 288. The van der Waals surface area contributed by atoms with Gasteiger partial charge in [0.25, 0.3) is 0 Å². The highest BCUT2D eigenvalue weighted by Gasteiger charge is 2.77. The van der Waals surface area contributed by atoms with Crippen LogP contribution in [-0.4, -0.2) is 18.5 Å². The van der Waals surface area contributed by atoms with Crippen LogP contribution in [-0.2, 0) is 4.74 Å². The Kier molecular flexibility index (Phi) is 0.746. The first-order chi connectivity index (χ1) is 5.37. The summed E-state index contributed by atoms with van der Waals surface area (Å²) >= 11 is 0. The third-order valence-corrected chi connectivity index (χ3v) is 3.08. The minimum atomic E-state index is 0.387.